The van der Waals surface area contributed by atoms with Gasteiger partial charge in [-0.3, -0.25) is 4.79 Å². The molecule has 0 bridgehead atoms. The summed E-state index contributed by atoms with van der Waals surface area (Å²) in [4.78, 5) is 12.1. The molecule has 0 saturated carbocycles. The van der Waals surface area contributed by atoms with Crippen LogP contribution in [0.3, 0.4) is 0 Å². The van der Waals surface area contributed by atoms with Crippen LogP contribution >= 0.6 is 11.6 Å². The number of amides is 1. The van der Waals surface area contributed by atoms with Crippen molar-refractivity contribution in [3.63, 3.8) is 0 Å². The molecule has 3 nitrogen and oxygen atoms in total. The molecule has 0 saturated heterocycles. The zero-order valence-corrected chi connectivity index (χ0v) is 14.1. The number of carbonyl (C=O) groups excluding carboxylic acids is 1. The average Bonchev–Trinajstić information content (AvgIpc) is 3.06. The summed E-state index contributed by atoms with van der Waals surface area (Å²) in [5, 5.41) is 3.50. The first-order valence-corrected chi connectivity index (χ1v) is 8.20. The van der Waals surface area contributed by atoms with Crippen molar-refractivity contribution in [2.45, 2.75) is 19.8 Å². The van der Waals surface area contributed by atoms with E-state index in [1.54, 1.807) is 6.07 Å². The molecule has 0 aliphatic carbocycles. The Morgan fingerprint density at radius 1 is 1.08 bits per heavy atom. The van der Waals surface area contributed by atoms with Gasteiger partial charge in [0.05, 0.1) is 0 Å². The second kappa shape index (κ2) is 7.37. The summed E-state index contributed by atoms with van der Waals surface area (Å²) in [5.41, 5.74) is 2.72. The molecule has 122 valence electrons. The van der Waals surface area contributed by atoms with Crippen molar-refractivity contribution >= 4 is 23.2 Å². The van der Waals surface area contributed by atoms with Crippen LogP contribution < -0.4 is 5.32 Å². The standard InChI is InChI=1S/C20H18ClNO2/c1-14-7-8-16(13-18(14)21)22-20(23)12-10-17-9-11-19(24-17)15-5-3-2-4-6-15/h2-9,11,13H,10,12H2,1H3,(H,22,23). The van der Waals surface area contributed by atoms with Crippen LogP contribution in [-0.4, -0.2) is 5.91 Å². The summed E-state index contributed by atoms with van der Waals surface area (Å²) in [5.74, 6) is 1.55. The van der Waals surface area contributed by atoms with Gasteiger partial charge in [0.15, 0.2) is 0 Å². The second-order valence-electron chi connectivity index (χ2n) is 5.64. The van der Waals surface area contributed by atoms with Crippen LogP contribution in [0.2, 0.25) is 5.02 Å². The lowest BCUT2D eigenvalue weighted by Gasteiger charge is -2.06. The molecule has 0 unspecified atom stereocenters. The first kappa shape index (κ1) is 16.3. The fourth-order valence-corrected chi connectivity index (χ4v) is 2.58. The number of hydrogen-bond acceptors (Lipinski definition) is 2. The number of aryl methyl sites for hydroxylation is 2. The third-order valence-corrected chi connectivity index (χ3v) is 4.18. The van der Waals surface area contributed by atoms with E-state index in [-0.39, 0.29) is 5.91 Å². The Hall–Kier alpha value is -2.52. The Morgan fingerprint density at radius 3 is 2.62 bits per heavy atom. The number of halogens is 1. The Labute approximate surface area is 146 Å². The molecule has 0 radical (unpaired) electrons. The third kappa shape index (κ3) is 4.06. The number of nitrogens with one attached hydrogen (secondary N) is 1. The molecule has 4 heteroatoms. The maximum atomic E-state index is 12.1. The van der Waals surface area contributed by atoms with Gasteiger partial charge in [-0.1, -0.05) is 48.0 Å². The normalized spacial score (nSPS) is 10.6. The summed E-state index contributed by atoms with van der Waals surface area (Å²) in [6, 6.07) is 19.2. The molecule has 1 N–H and O–H groups in total. The van der Waals surface area contributed by atoms with E-state index in [1.165, 1.54) is 0 Å². The second-order valence-corrected chi connectivity index (χ2v) is 6.05. The van der Waals surface area contributed by atoms with Gasteiger partial charge in [0.1, 0.15) is 11.5 Å². The van der Waals surface area contributed by atoms with Gasteiger partial charge in [-0.25, -0.2) is 0 Å². The van der Waals surface area contributed by atoms with Gasteiger partial charge in [-0.15, -0.1) is 0 Å². The molecule has 2 aromatic carbocycles. The van der Waals surface area contributed by atoms with Gasteiger partial charge in [0, 0.05) is 29.1 Å². The van der Waals surface area contributed by atoms with Crippen LogP contribution in [0.15, 0.2) is 65.1 Å². The average molecular weight is 340 g/mol. The molecule has 3 aromatic rings. The lowest BCUT2D eigenvalue weighted by Crippen LogP contribution is -2.12. The molecule has 0 fully saturated rings. The molecule has 0 spiro atoms. The molecule has 0 aliphatic rings. The summed E-state index contributed by atoms with van der Waals surface area (Å²) >= 11 is 6.06. The first-order valence-electron chi connectivity index (χ1n) is 7.82. The number of benzene rings is 2. The minimum absolute atomic E-state index is 0.0624. The van der Waals surface area contributed by atoms with Crippen LogP contribution in [0, 0.1) is 6.92 Å². The molecule has 0 aliphatic heterocycles. The van der Waals surface area contributed by atoms with Crippen molar-refractivity contribution in [2.75, 3.05) is 5.32 Å². The van der Waals surface area contributed by atoms with Gasteiger partial charge in [0.25, 0.3) is 0 Å². The van der Waals surface area contributed by atoms with Crippen molar-refractivity contribution in [2.24, 2.45) is 0 Å². The lowest BCUT2D eigenvalue weighted by molar-refractivity contribution is -0.116. The minimum Gasteiger partial charge on any atom is -0.461 e. The molecule has 3 rings (SSSR count). The van der Waals surface area contributed by atoms with E-state index in [0.717, 1.165) is 22.6 Å². The van der Waals surface area contributed by atoms with E-state index >= 15 is 0 Å². The molecular formula is C20H18ClNO2. The van der Waals surface area contributed by atoms with E-state index < -0.39 is 0 Å². The zero-order chi connectivity index (χ0) is 16.9. The van der Waals surface area contributed by atoms with E-state index in [2.05, 4.69) is 5.32 Å². The van der Waals surface area contributed by atoms with Gasteiger partial charge in [-0.05, 0) is 36.8 Å². The molecule has 24 heavy (non-hydrogen) atoms. The highest BCUT2D eigenvalue weighted by Crippen LogP contribution is 2.23. The molecule has 1 heterocycles. The number of rotatable bonds is 5. The fourth-order valence-electron chi connectivity index (χ4n) is 2.40. The quantitative estimate of drug-likeness (QED) is 0.668. The predicted octanol–water partition coefficient (Wildman–Crippen LogP) is 5.48. The van der Waals surface area contributed by atoms with Crippen LogP contribution in [0.1, 0.15) is 17.7 Å². The van der Waals surface area contributed by atoms with Crippen molar-refractivity contribution < 1.29 is 9.21 Å². The van der Waals surface area contributed by atoms with Crippen molar-refractivity contribution in [3.05, 3.63) is 77.0 Å². The van der Waals surface area contributed by atoms with E-state index in [1.807, 2.05) is 61.5 Å². The van der Waals surface area contributed by atoms with E-state index in [0.29, 0.717) is 23.6 Å². The largest absolute Gasteiger partial charge is 0.461 e. The van der Waals surface area contributed by atoms with Crippen LogP contribution in [0.5, 0.6) is 0 Å². The summed E-state index contributed by atoms with van der Waals surface area (Å²) in [7, 11) is 0. The van der Waals surface area contributed by atoms with Crippen LogP contribution in [0.25, 0.3) is 11.3 Å². The lowest BCUT2D eigenvalue weighted by atomic mass is 10.2. The van der Waals surface area contributed by atoms with Crippen LogP contribution in [-0.2, 0) is 11.2 Å². The SMILES string of the molecule is Cc1ccc(NC(=O)CCc2ccc(-c3ccccc3)o2)cc1Cl. The maximum absolute atomic E-state index is 12.1. The highest BCUT2D eigenvalue weighted by Gasteiger charge is 2.08. The molecule has 0 atom stereocenters. The predicted molar refractivity (Wildman–Crippen MR) is 97.3 cm³/mol. The fraction of sp³-hybridized carbons (Fsp3) is 0.150. The Balaban J connectivity index is 1.56. The zero-order valence-electron chi connectivity index (χ0n) is 13.4. The number of hydrogen-bond donors (Lipinski definition) is 1. The smallest absolute Gasteiger partial charge is 0.224 e. The first-order chi connectivity index (χ1) is 11.6. The summed E-state index contributed by atoms with van der Waals surface area (Å²) < 4.78 is 5.80. The number of furan rings is 1. The van der Waals surface area contributed by atoms with Gasteiger partial charge < -0.3 is 9.73 Å². The number of carbonyl (C=O) groups is 1. The van der Waals surface area contributed by atoms with E-state index in [9.17, 15) is 4.79 Å². The Kier molecular flexibility index (Phi) is 5.02. The maximum Gasteiger partial charge on any atom is 0.224 e. The molecular weight excluding hydrogens is 322 g/mol. The monoisotopic (exact) mass is 339 g/mol. The topological polar surface area (TPSA) is 42.2 Å². The summed E-state index contributed by atoms with van der Waals surface area (Å²) in [6.45, 7) is 1.93. The molecule has 1 aromatic heterocycles. The molecule has 1 amide bonds. The van der Waals surface area contributed by atoms with Gasteiger partial charge >= 0.3 is 0 Å². The van der Waals surface area contributed by atoms with Crippen LogP contribution in [0.4, 0.5) is 5.69 Å². The highest BCUT2D eigenvalue weighted by molar-refractivity contribution is 6.31. The van der Waals surface area contributed by atoms with Crippen molar-refractivity contribution in [3.8, 4) is 11.3 Å². The van der Waals surface area contributed by atoms with Crippen molar-refractivity contribution in [1.82, 2.24) is 0 Å². The summed E-state index contributed by atoms with van der Waals surface area (Å²) in [6.07, 6.45) is 0.908. The minimum atomic E-state index is -0.0624. The number of anilines is 1. The Morgan fingerprint density at radius 2 is 1.88 bits per heavy atom. The van der Waals surface area contributed by atoms with Gasteiger partial charge in [-0.2, -0.15) is 0 Å². The highest BCUT2D eigenvalue weighted by atomic mass is 35.5. The van der Waals surface area contributed by atoms with Crippen molar-refractivity contribution in [1.29, 1.82) is 0 Å². The third-order valence-electron chi connectivity index (χ3n) is 3.77. The van der Waals surface area contributed by atoms with Gasteiger partial charge in [0.2, 0.25) is 5.91 Å². The van der Waals surface area contributed by atoms with E-state index in [4.69, 9.17) is 16.0 Å². The Bertz CT molecular complexity index is 840.